The molecule has 2 aromatic rings. The maximum absolute atomic E-state index is 13.8. The monoisotopic (exact) mass is 344 g/mol. The predicted molar refractivity (Wildman–Crippen MR) is 85.6 cm³/mol. The highest BCUT2D eigenvalue weighted by atomic mass is 35.5. The lowest BCUT2D eigenvalue weighted by molar-refractivity contribution is 0.102. The van der Waals surface area contributed by atoms with E-state index in [1.807, 2.05) is 0 Å². The summed E-state index contributed by atoms with van der Waals surface area (Å²) in [6.45, 7) is 0.813. The van der Waals surface area contributed by atoms with Gasteiger partial charge in [-0.15, -0.1) is 12.4 Å². The van der Waals surface area contributed by atoms with Gasteiger partial charge in [0.25, 0.3) is 5.91 Å². The first-order chi connectivity index (χ1) is 10.6. The van der Waals surface area contributed by atoms with Crippen LogP contribution in [0.3, 0.4) is 0 Å². The molecule has 0 unspecified atom stereocenters. The molecular weight excluding hydrogens is 327 g/mol. The Morgan fingerprint density at radius 3 is 2.74 bits per heavy atom. The van der Waals surface area contributed by atoms with Gasteiger partial charge in [0, 0.05) is 18.9 Å². The first-order valence-corrected chi connectivity index (χ1v) is 6.64. The van der Waals surface area contributed by atoms with Crippen LogP contribution in [0.4, 0.5) is 10.1 Å². The summed E-state index contributed by atoms with van der Waals surface area (Å²) >= 11 is 0. The molecule has 0 aliphatic heterocycles. The van der Waals surface area contributed by atoms with E-state index in [-0.39, 0.29) is 31.3 Å². The number of carbonyl (C=O) groups is 1. The number of halogens is 2. The van der Waals surface area contributed by atoms with Gasteiger partial charge in [-0.1, -0.05) is 0 Å². The second-order valence-corrected chi connectivity index (χ2v) is 4.45. The topological polar surface area (TPSA) is 86.7 Å². The molecule has 8 heteroatoms. The van der Waals surface area contributed by atoms with Gasteiger partial charge in [0.2, 0.25) is 0 Å². The third-order valence-corrected chi connectivity index (χ3v) is 2.85. The summed E-state index contributed by atoms with van der Waals surface area (Å²) in [5.74, 6) is -0.373. The molecule has 1 heterocycles. The normalized spacial score (nSPS) is 10.0. The van der Waals surface area contributed by atoms with Crippen LogP contribution in [-0.2, 0) is 11.3 Å². The van der Waals surface area contributed by atoms with E-state index >= 15 is 0 Å². The summed E-state index contributed by atoms with van der Waals surface area (Å²) in [6.07, 6.45) is 1.30. The number of furan rings is 1. The molecule has 2 rings (SSSR count). The van der Waals surface area contributed by atoms with Gasteiger partial charge in [0.05, 0.1) is 18.7 Å². The first-order valence-electron chi connectivity index (χ1n) is 6.64. The van der Waals surface area contributed by atoms with Crippen molar-refractivity contribution in [2.45, 2.75) is 6.54 Å². The molecular formula is C15H18ClFN2O4. The van der Waals surface area contributed by atoms with E-state index in [9.17, 15) is 9.18 Å². The Balaban J connectivity index is 0.00000264. The Labute approximate surface area is 139 Å². The van der Waals surface area contributed by atoms with Gasteiger partial charge >= 0.3 is 0 Å². The molecule has 0 aliphatic rings. The number of hydrogen-bond acceptors (Lipinski definition) is 5. The maximum Gasteiger partial charge on any atom is 0.258 e. The third-order valence-electron chi connectivity index (χ3n) is 2.85. The fourth-order valence-electron chi connectivity index (χ4n) is 1.74. The van der Waals surface area contributed by atoms with Crippen molar-refractivity contribution in [3.63, 3.8) is 0 Å². The summed E-state index contributed by atoms with van der Waals surface area (Å²) < 4.78 is 28.9. The summed E-state index contributed by atoms with van der Waals surface area (Å²) in [7, 11) is 1.53. The van der Waals surface area contributed by atoms with Crippen LogP contribution in [0.15, 0.2) is 34.9 Å². The van der Waals surface area contributed by atoms with Crippen LogP contribution in [0.2, 0.25) is 0 Å². The second-order valence-electron chi connectivity index (χ2n) is 4.45. The van der Waals surface area contributed by atoms with Gasteiger partial charge in [0.15, 0.2) is 11.6 Å². The van der Waals surface area contributed by atoms with Crippen molar-refractivity contribution in [3.8, 4) is 5.75 Å². The number of benzene rings is 1. The van der Waals surface area contributed by atoms with E-state index in [4.69, 9.17) is 19.6 Å². The van der Waals surface area contributed by atoms with Crippen molar-refractivity contribution in [3.05, 3.63) is 47.7 Å². The fourth-order valence-corrected chi connectivity index (χ4v) is 1.74. The van der Waals surface area contributed by atoms with Crippen LogP contribution in [0.5, 0.6) is 5.75 Å². The van der Waals surface area contributed by atoms with Crippen LogP contribution in [-0.4, -0.2) is 26.2 Å². The number of anilines is 1. The SMILES string of the molecule is COCCOc1ccc(NC(=O)c2coc(CN)c2)cc1F.Cl. The van der Waals surface area contributed by atoms with E-state index in [2.05, 4.69) is 5.32 Å². The van der Waals surface area contributed by atoms with Gasteiger partial charge in [-0.3, -0.25) is 4.79 Å². The zero-order valence-electron chi connectivity index (χ0n) is 12.5. The molecule has 6 nitrogen and oxygen atoms in total. The average molecular weight is 345 g/mol. The number of nitrogens with two attached hydrogens (primary N) is 1. The lowest BCUT2D eigenvalue weighted by atomic mass is 10.2. The van der Waals surface area contributed by atoms with Gasteiger partial charge in [0.1, 0.15) is 18.6 Å². The molecule has 0 spiro atoms. The van der Waals surface area contributed by atoms with Crippen LogP contribution in [0.25, 0.3) is 0 Å². The summed E-state index contributed by atoms with van der Waals surface area (Å²) in [5, 5.41) is 2.57. The molecule has 3 N–H and O–H groups in total. The number of ether oxygens (including phenoxy) is 2. The number of amides is 1. The lowest BCUT2D eigenvalue weighted by Gasteiger charge is -2.09. The maximum atomic E-state index is 13.8. The van der Waals surface area contributed by atoms with Crippen molar-refractivity contribution in [1.29, 1.82) is 0 Å². The largest absolute Gasteiger partial charge is 0.488 e. The molecule has 0 aliphatic carbocycles. The molecule has 126 valence electrons. The van der Waals surface area contributed by atoms with Crippen LogP contribution >= 0.6 is 12.4 Å². The summed E-state index contributed by atoms with van der Waals surface area (Å²) in [6, 6.07) is 5.71. The Hall–Kier alpha value is -2.09. The standard InChI is InChI=1S/C15H17FN2O4.ClH/c1-20-4-5-21-14-3-2-11(7-13(14)16)18-15(19)10-6-12(8-17)22-9-10;/h2-3,6-7,9H,4-5,8,17H2,1H3,(H,18,19);1H. The van der Waals surface area contributed by atoms with Crippen LogP contribution < -0.4 is 15.8 Å². The highest BCUT2D eigenvalue weighted by Crippen LogP contribution is 2.22. The number of rotatable bonds is 7. The fraction of sp³-hybridized carbons (Fsp3) is 0.267. The minimum Gasteiger partial charge on any atom is -0.488 e. The number of methoxy groups -OCH3 is 1. The molecule has 0 atom stereocenters. The summed E-state index contributed by atoms with van der Waals surface area (Å²) in [5.41, 5.74) is 6.04. The molecule has 1 aromatic heterocycles. The molecule has 0 saturated heterocycles. The highest BCUT2D eigenvalue weighted by molar-refractivity contribution is 6.04. The molecule has 0 fully saturated rings. The van der Waals surface area contributed by atoms with E-state index in [1.54, 1.807) is 6.07 Å². The molecule has 1 amide bonds. The van der Waals surface area contributed by atoms with Gasteiger partial charge in [-0.25, -0.2) is 4.39 Å². The number of hydrogen-bond donors (Lipinski definition) is 2. The molecule has 0 saturated carbocycles. The van der Waals surface area contributed by atoms with E-state index in [1.165, 1.54) is 31.6 Å². The lowest BCUT2D eigenvalue weighted by Crippen LogP contribution is -2.11. The smallest absolute Gasteiger partial charge is 0.258 e. The Morgan fingerprint density at radius 1 is 1.35 bits per heavy atom. The molecule has 0 bridgehead atoms. The average Bonchev–Trinajstić information content (AvgIpc) is 2.99. The predicted octanol–water partition coefficient (Wildman–Crippen LogP) is 2.58. The summed E-state index contributed by atoms with van der Waals surface area (Å²) in [4.78, 5) is 12.0. The molecule has 0 radical (unpaired) electrons. The zero-order chi connectivity index (χ0) is 15.9. The van der Waals surface area contributed by atoms with Crippen LogP contribution in [0.1, 0.15) is 16.1 Å². The zero-order valence-corrected chi connectivity index (χ0v) is 13.3. The Bertz CT molecular complexity index is 648. The Morgan fingerprint density at radius 2 is 2.13 bits per heavy atom. The highest BCUT2D eigenvalue weighted by Gasteiger charge is 2.11. The molecule has 1 aromatic carbocycles. The third kappa shape index (κ3) is 5.24. The van der Waals surface area contributed by atoms with Crippen molar-refractivity contribution in [2.75, 3.05) is 25.6 Å². The van der Waals surface area contributed by atoms with Gasteiger partial charge in [-0.2, -0.15) is 0 Å². The van der Waals surface area contributed by atoms with E-state index < -0.39 is 11.7 Å². The van der Waals surface area contributed by atoms with Gasteiger partial charge < -0.3 is 24.9 Å². The number of carbonyl (C=O) groups excluding carboxylic acids is 1. The van der Waals surface area contributed by atoms with Crippen molar-refractivity contribution >= 4 is 24.0 Å². The minimum atomic E-state index is -0.566. The van der Waals surface area contributed by atoms with Gasteiger partial charge in [-0.05, 0) is 18.2 Å². The Kier molecular flexibility index (Phi) is 7.53. The van der Waals surface area contributed by atoms with Crippen molar-refractivity contribution < 1.29 is 23.1 Å². The van der Waals surface area contributed by atoms with E-state index in [0.29, 0.717) is 23.6 Å². The quantitative estimate of drug-likeness (QED) is 0.754. The van der Waals surface area contributed by atoms with E-state index in [0.717, 1.165) is 0 Å². The van der Waals surface area contributed by atoms with Crippen molar-refractivity contribution in [2.24, 2.45) is 5.73 Å². The second kappa shape index (κ2) is 9.14. The minimum absolute atomic E-state index is 0. The molecule has 23 heavy (non-hydrogen) atoms. The van der Waals surface area contributed by atoms with Crippen LogP contribution in [0, 0.1) is 5.82 Å². The first kappa shape index (κ1) is 19.0. The number of nitrogens with one attached hydrogen (secondary N) is 1. The van der Waals surface area contributed by atoms with Crippen molar-refractivity contribution in [1.82, 2.24) is 0 Å².